The lowest BCUT2D eigenvalue weighted by molar-refractivity contribution is -0.132. The van der Waals surface area contributed by atoms with E-state index in [0.29, 0.717) is 12.5 Å². The van der Waals surface area contributed by atoms with Crippen molar-refractivity contribution in [3.8, 4) is 0 Å². The molecule has 110 valence electrons. The minimum atomic E-state index is 0.239. The van der Waals surface area contributed by atoms with E-state index in [4.69, 9.17) is 0 Å². The normalized spacial score (nSPS) is 18.5. The molecular formula is C17H26N2O. The number of hydrogen-bond acceptors (Lipinski definition) is 2. The second-order valence-corrected chi connectivity index (χ2v) is 6.04. The lowest BCUT2D eigenvalue weighted by Crippen LogP contribution is -2.45. The van der Waals surface area contributed by atoms with Crippen LogP contribution in [0.2, 0.25) is 0 Å². The van der Waals surface area contributed by atoms with Crippen LogP contribution in [-0.4, -0.2) is 36.0 Å². The molecule has 0 aliphatic carbocycles. The molecule has 0 radical (unpaired) electrons. The van der Waals surface area contributed by atoms with E-state index in [0.717, 1.165) is 18.7 Å². The van der Waals surface area contributed by atoms with Gasteiger partial charge in [0.05, 0.1) is 6.42 Å². The van der Waals surface area contributed by atoms with Crippen molar-refractivity contribution >= 4 is 5.91 Å². The zero-order chi connectivity index (χ0) is 14.5. The van der Waals surface area contributed by atoms with E-state index in [9.17, 15) is 4.79 Å². The predicted octanol–water partition coefficient (Wildman–Crippen LogP) is 2.53. The average Bonchev–Trinajstić information content (AvgIpc) is 2.91. The molecule has 1 saturated heterocycles. The van der Waals surface area contributed by atoms with Crippen molar-refractivity contribution < 1.29 is 4.79 Å². The maximum Gasteiger partial charge on any atom is 0.227 e. The van der Waals surface area contributed by atoms with Crippen LogP contribution in [0.3, 0.4) is 0 Å². The van der Waals surface area contributed by atoms with Gasteiger partial charge < -0.3 is 10.2 Å². The van der Waals surface area contributed by atoms with Crippen LogP contribution in [-0.2, 0) is 11.2 Å². The fourth-order valence-electron chi connectivity index (χ4n) is 2.82. The predicted molar refractivity (Wildman–Crippen MR) is 82.8 cm³/mol. The molecule has 2 rings (SSSR count). The SMILES string of the molecule is Cc1ccccc1CC(=O)N(CC1CCCN1)C(C)C. The van der Waals surface area contributed by atoms with Gasteiger partial charge in [0.15, 0.2) is 0 Å². The Labute approximate surface area is 122 Å². The van der Waals surface area contributed by atoms with Crippen LogP contribution < -0.4 is 5.32 Å². The second kappa shape index (κ2) is 6.89. The van der Waals surface area contributed by atoms with Crippen LogP contribution in [0, 0.1) is 6.92 Å². The summed E-state index contributed by atoms with van der Waals surface area (Å²) in [6.45, 7) is 8.20. The van der Waals surface area contributed by atoms with E-state index < -0.39 is 0 Å². The number of amides is 1. The van der Waals surface area contributed by atoms with Gasteiger partial charge in [-0.25, -0.2) is 0 Å². The van der Waals surface area contributed by atoms with Gasteiger partial charge >= 0.3 is 0 Å². The van der Waals surface area contributed by atoms with Crippen molar-refractivity contribution in [1.82, 2.24) is 10.2 Å². The molecule has 0 bridgehead atoms. The van der Waals surface area contributed by atoms with E-state index in [1.807, 2.05) is 17.0 Å². The molecule has 3 nitrogen and oxygen atoms in total. The molecule has 3 heteroatoms. The third kappa shape index (κ3) is 3.83. The molecule has 1 atom stereocenters. The molecule has 1 aromatic rings. The van der Waals surface area contributed by atoms with E-state index in [1.165, 1.54) is 18.4 Å². The van der Waals surface area contributed by atoms with E-state index >= 15 is 0 Å². The van der Waals surface area contributed by atoms with Gasteiger partial charge in [0, 0.05) is 18.6 Å². The Morgan fingerprint density at radius 1 is 1.40 bits per heavy atom. The summed E-state index contributed by atoms with van der Waals surface area (Å²) in [6.07, 6.45) is 2.92. The molecule has 1 aliphatic rings. The summed E-state index contributed by atoms with van der Waals surface area (Å²) in [7, 11) is 0. The first kappa shape index (κ1) is 15.0. The molecule has 0 saturated carbocycles. The fourth-order valence-corrected chi connectivity index (χ4v) is 2.82. The average molecular weight is 274 g/mol. The summed E-state index contributed by atoms with van der Waals surface area (Å²) >= 11 is 0. The molecular weight excluding hydrogens is 248 g/mol. The Hall–Kier alpha value is -1.35. The molecule has 0 spiro atoms. The molecule has 1 fully saturated rings. The van der Waals surface area contributed by atoms with Crippen LogP contribution in [0.5, 0.6) is 0 Å². The summed E-state index contributed by atoms with van der Waals surface area (Å²) in [5.74, 6) is 0.239. The number of hydrogen-bond donors (Lipinski definition) is 1. The molecule has 1 aromatic carbocycles. The van der Waals surface area contributed by atoms with Crippen molar-refractivity contribution in [3.63, 3.8) is 0 Å². The van der Waals surface area contributed by atoms with Gasteiger partial charge in [0.1, 0.15) is 0 Å². The van der Waals surface area contributed by atoms with Crippen molar-refractivity contribution in [2.75, 3.05) is 13.1 Å². The lowest BCUT2D eigenvalue weighted by atomic mass is 10.0. The monoisotopic (exact) mass is 274 g/mol. The summed E-state index contributed by atoms with van der Waals surface area (Å²) < 4.78 is 0. The molecule has 1 heterocycles. The van der Waals surface area contributed by atoms with E-state index in [2.05, 4.69) is 38.2 Å². The van der Waals surface area contributed by atoms with Gasteiger partial charge in [0.2, 0.25) is 5.91 Å². The number of benzene rings is 1. The first-order chi connectivity index (χ1) is 9.58. The van der Waals surface area contributed by atoms with Gasteiger partial charge in [-0.3, -0.25) is 4.79 Å². The van der Waals surface area contributed by atoms with Crippen molar-refractivity contribution in [3.05, 3.63) is 35.4 Å². The highest BCUT2D eigenvalue weighted by Crippen LogP contribution is 2.13. The van der Waals surface area contributed by atoms with Crippen molar-refractivity contribution in [2.24, 2.45) is 0 Å². The van der Waals surface area contributed by atoms with Crippen molar-refractivity contribution in [1.29, 1.82) is 0 Å². The zero-order valence-corrected chi connectivity index (χ0v) is 12.9. The maximum atomic E-state index is 12.6. The number of carbonyl (C=O) groups is 1. The molecule has 0 aromatic heterocycles. The highest BCUT2D eigenvalue weighted by molar-refractivity contribution is 5.79. The van der Waals surface area contributed by atoms with Gasteiger partial charge in [-0.15, -0.1) is 0 Å². The number of nitrogens with zero attached hydrogens (tertiary/aromatic N) is 1. The van der Waals surface area contributed by atoms with Crippen LogP contribution >= 0.6 is 0 Å². The van der Waals surface area contributed by atoms with Gasteiger partial charge in [0.25, 0.3) is 0 Å². The minimum absolute atomic E-state index is 0.239. The standard InChI is InChI=1S/C17H26N2O/c1-13(2)19(12-16-9-6-10-18-16)17(20)11-15-8-5-4-7-14(15)3/h4-5,7-8,13,16,18H,6,9-12H2,1-3H3. The van der Waals surface area contributed by atoms with Crippen LogP contribution in [0.4, 0.5) is 0 Å². The first-order valence-corrected chi connectivity index (χ1v) is 7.65. The van der Waals surface area contributed by atoms with Crippen LogP contribution in [0.1, 0.15) is 37.8 Å². The maximum absolute atomic E-state index is 12.6. The largest absolute Gasteiger partial charge is 0.338 e. The van der Waals surface area contributed by atoms with E-state index in [-0.39, 0.29) is 11.9 Å². The summed E-state index contributed by atoms with van der Waals surface area (Å²) in [5, 5.41) is 3.48. The van der Waals surface area contributed by atoms with Crippen molar-refractivity contribution in [2.45, 2.75) is 52.1 Å². The number of rotatable bonds is 5. The topological polar surface area (TPSA) is 32.3 Å². The Morgan fingerprint density at radius 2 is 2.15 bits per heavy atom. The highest BCUT2D eigenvalue weighted by atomic mass is 16.2. The Kier molecular flexibility index (Phi) is 5.18. The Bertz CT molecular complexity index is 450. The quantitative estimate of drug-likeness (QED) is 0.895. The third-order valence-electron chi connectivity index (χ3n) is 4.13. The number of carbonyl (C=O) groups excluding carboxylic acids is 1. The summed E-state index contributed by atoms with van der Waals surface area (Å²) in [5.41, 5.74) is 2.34. The van der Waals surface area contributed by atoms with Gasteiger partial charge in [-0.05, 0) is 51.3 Å². The second-order valence-electron chi connectivity index (χ2n) is 6.04. The summed E-state index contributed by atoms with van der Waals surface area (Å²) in [6, 6.07) is 8.88. The number of nitrogens with one attached hydrogen (secondary N) is 1. The Balaban J connectivity index is 2.01. The molecule has 20 heavy (non-hydrogen) atoms. The van der Waals surface area contributed by atoms with Crippen LogP contribution in [0.25, 0.3) is 0 Å². The summed E-state index contributed by atoms with van der Waals surface area (Å²) in [4.78, 5) is 14.6. The smallest absolute Gasteiger partial charge is 0.227 e. The molecule has 1 aliphatic heterocycles. The van der Waals surface area contributed by atoms with Gasteiger partial charge in [-0.1, -0.05) is 24.3 Å². The zero-order valence-electron chi connectivity index (χ0n) is 12.9. The highest BCUT2D eigenvalue weighted by Gasteiger charge is 2.23. The fraction of sp³-hybridized carbons (Fsp3) is 0.588. The van der Waals surface area contributed by atoms with Gasteiger partial charge in [-0.2, -0.15) is 0 Å². The lowest BCUT2D eigenvalue weighted by Gasteiger charge is -2.30. The van der Waals surface area contributed by atoms with Crippen LogP contribution in [0.15, 0.2) is 24.3 Å². The first-order valence-electron chi connectivity index (χ1n) is 7.65. The van der Waals surface area contributed by atoms with E-state index in [1.54, 1.807) is 0 Å². The molecule has 1 unspecified atom stereocenters. The molecule has 1 amide bonds. The number of aryl methyl sites for hydroxylation is 1. The molecule has 1 N–H and O–H groups in total. The third-order valence-corrected chi connectivity index (χ3v) is 4.13. The Morgan fingerprint density at radius 3 is 2.75 bits per heavy atom. The minimum Gasteiger partial charge on any atom is -0.338 e.